The number of halogens is 1. The molecular weight excluding hydrogens is 457 g/mol. The average molecular weight is 487 g/mol. The summed E-state index contributed by atoms with van der Waals surface area (Å²) in [6.07, 6.45) is 2.26. The Kier molecular flexibility index (Phi) is 8.62. The summed E-state index contributed by atoms with van der Waals surface area (Å²) in [5.41, 5.74) is 1.06. The molecule has 1 heterocycles. The molecule has 1 aliphatic carbocycles. The second kappa shape index (κ2) is 10.7. The predicted molar refractivity (Wildman–Crippen MR) is 118 cm³/mol. The van der Waals surface area contributed by atoms with Crippen LogP contribution in [-0.4, -0.2) is 72.1 Å². The minimum atomic E-state index is 0. The van der Waals surface area contributed by atoms with E-state index < -0.39 is 0 Å². The number of rotatable bonds is 6. The first-order valence-corrected chi connectivity index (χ1v) is 9.47. The van der Waals surface area contributed by atoms with Gasteiger partial charge < -0.3 is 20.6 Å². The van der Waals surface area contributed by atoms with Gasteiger partial charge >= 0.3 is 0 Å². The number of phenolic OH excluding ortho intramolecular Hbond substituents is 1. The van der Waals surface area contributed by atoms with Crippen molar-refractivity contribution in [2.75, 3.05) is 39.3 Å². The molecule has 1 amide bonds. The van der Waals surface area contributed by atoms with Crippen LogP contribution in [0.4, 0.5) is 0 Å². The molecule has 0 aromatic heterocycles. The van der Waals surface area contributed by atoms with Crippen LogP contribution < -0.4 is 10.6 Å². The van der Waals surface area contributed by atoms with Crippen molar-refractivity contribution in [2.24, 2.45) is 4.99 Å². The van der Waals surface area contributed by atoms with Crippen molar-refractivity contribution in [1.29, 1.82) is 0 Å². The lowest BCUT2D eigenvalue weighted by molar-refractivity contribution is -0.122. The second-order valence-electron chi connectivity index (χ2n) is 6.94. The van der Waals surface area contributed by atoms with Crippen LogP contribution in [0.2, 0.25) is 0 Å². The molecule has 3 rings (SSSR count). The van der Waals surface area contributed by atoms with Gasteiger partial charge in [-0.2, -0.15) is 0 Å². The van der Waals surface area contributed by atoms with Crippen LogP contribution >= 0.6 is 24.0 Å². The maximum atomic E-state index is 11.9. The number of aromatic hydroxyl groups is 1. The van der Waals surface area contributed by atoms with Crippen LogP contribution in [0.15, 0.2) is 29.3 Å². The molecule has 1 aromatic rings. The molecule has 0 atom stereocenters. The summed E-state index contributed by atoms with van der Waals surface area (Å²) in [4.78, 5) is 21.1. The van der Waals surface area contributed by atoms with Crippen molar-refractivity contribution < 1.29 is 9.90 Å². The van der Waals surface area contributed by atoms with Gasteiger partial charge in [0.1, 0.15) is 5.75 Å². The highest BCUT2D eigenvalue weighted by Gasteiger charge is 2.25. The third-order valence-electron chi connectivity index (χ3n) is 4.66. The van der Waals surface area contributed by atoms with Crippen LogP contribution in [0.25, 0.3) is 0 Å². The van der Waals surface area contributed by atoms with E-state index in [2.05, 4.69) is 27.4 Å². The Labute approximate surface area is 178 Å². The summed E-state index contributed by atoms with van der Waals surface area (Å²) in [6.45, 7) is 7.39. The number of phenols is 1. The van der Waals surface area contributed by atoms with Gasteiger partial charge in [0.25, 0.3) is 0 Å². The topological polar surface area (TPSA) is 80.2 Å². The number of hydrogen-bond donors (Lipinski definition) is 3. The van der Waals surface area contributed by atoms with Gasteiger partial charge in [0, 0.05) is 38.8 Å². The molecule has 2 aliphatic rings. The van der Waals surface area contributed by atoms with Gasteiger partial charge in [0.15, 0.2) is 5.96 Å². The minimum absolute atomic E-state index is 0. The fourth-order valence-corrected chi connectivity index (χ4v) is 3.02. The zero-order valence-electron chi connectivity index (χ0n) is 15.9. The SMILES string of the molecule is CCNC(=NCc1ccc(O)cc1)N1CCN(CC(=O)NC2CC2)CC1.I. The highest BCUT2D eigenvalue weighted by atomic mass is 127. The molecule has 0 unspecified atom stereocenters. The van der Waals surface area contributed by atoms with Crippen LogP contribution in [0, 0.1) is 0 Å². The molecule has 0 spiro atoms. The number of aliphatic imine (C=N–C) groups is 1. The molecule has 1 saturated heterocycles. The summed E-state index contributed by atoms with van der Waals surface area (Å²) in [6, 6.07) is 7.57. The van der Waals surface area contributed by atoms with E-state index in [0.717, 1.165) is 57.1 Å². The molecule has 1 aromatic carbocycles. The van der Waals surface area contributed by atoms with E-state index in [1.165, 1.54) is 0 Å². The fourth-order valence-electron chi connectivity index (χ4n) is 3.02. The van der Waals surface area contributed by atoms with Crippen molar-refractivity contribution in [3.63, 3.8) is 0 Å². The van der Waals surface area contributed by atoms with Crippen molar-refractivity contribution in [2.45, 2.75) is 32.4 Å². The third-order valence-corrected chi connectivity index (χ3v) is 4.66. The Morgan fingerprint density at radius 2 is 1.85 bits per heavy atom. The van der Waals surface area contributed by atoms with Crippen molar-refractivity contribution in [3.05, 3.63) is 29.8 Å². The summed E-state index contributed by atoms with van der Waals surface area (Å²) >= 11 is 0. The lowest BCUT2D eigenvalue weighted by Crippen LogP contribution is -2.54. The molecule has 0 radical (unpaired) electrons. The first-order chi connectivity index (χ1) is 12.6. The van der Waals surface area contributed by atoms with Gasteiger partial charge in [0.05, 0.1) is 13.1 Å². The van der Waals surface area contributed by atoms with E-state index in [-0.39, 0.29) is 35.6 Å². The number of benzene rings is 1. The molecule has 1 aliphatic heterocycles. The average Bonchev–Trinajstić information content (AvgIpc) is 3.44. The van der Waals surface area contributed by atoms with Crippen molar-refractivity contribution in [3.8, 4) is 5.75 Å². The Hall–Kier alpha value is -1.55. The maximum absolute atomic E-state index is 11.9. The number of nitrogens with one attached hydrogen (secondary N) is 2. The van der Waals surface area contributed by atoms with Crippen molar-refractivity contribution >= 4 is 35.8 Å². The lowest BCUT2D eigenvalue weighted by atomic mass is 10.2. The van der Waals surface area contributed by atoms with Crippen LogP contribution in [0.1, 0.15) is 25.3 Å². The number of amides is 1. The number of nitrogens with zero attached hydrogens (tertiary/aromatic N) is 3. The first kappa shape index (κ1) is 21.7. The van der Waals surface area contributed by atoms with E-state index in [0.29, 0.717) is 19.1 Å². The van der Waals surface area contributed by atoms with Crippen LogP contribution in [0.3, 0.4) is 0 Å². The molecule has 27 heavy (non-hydrogen) atoms. The molecule has 1 saturated carbocycles. The van der Waals surface area contributed by atoms with Crippen molar-refractivity contribution in [1.82, 2.24) is 20.4 Å². The van der Waals surface area contributed by atoms with Gasteiger partial charge in [-0.1, -0.05) is 12.1 Å². The molecule has 8 heteroatoms. The summed E-state index contributed by atoms with van der Waals surface area (Å²) in [7, 11) is 0. The quantitative estimate of drug-likeness (QED) is 0.321. The highest BCUT2D eigenvalue weighted by Crippen LogP contribution is 2.18. The Balaban J connectivity index is 0.00000261. The Morgan fingerprint density at radius 3 is 2.44 bits per heavy atom. The van der Waals surface area contributed by atoms with Crippen LogP contribution in [-0.2, 0) is 11.3 Å². The normalized spacial score (nSPS) is 18.0. The summed E-state index contributed by atoms with van der Waals surface area (Å²) in [5, 5.41) is 15.8. The molecule has 0 bridgehead atoms. The van der Waals surface area contributed by atoms with Gasteiger partial charge in [-0.25, -0.2) is 4.99 Å². The monoisotopic (exact) mass is 487 g/mol. The number of hydrogen-bond acceptors (Lipinski definition) is 4. The number of carbonyl (C=O) groups excluding carboxylic acids is 1. The lowest BCUT2D eigenvalue weighted by Gasteiger charge is -2.36. The standard InChI is InChI=1S/C19H29N5O2.HI/c1-2-20-19(21-13-15-3-7-17(25)8-4-15)24-11-9-23(10-12-24)14-18(26)22-16-5-6-16;/h3-4,7-8,16,25H,2,5-6,9-14H2,1H3,(H,20,21)(H,22,26);1H. The van der Waals surface area contributed by atoms with Gasteiger partial charge in [-0.05, 0) is 37.5 Å². The zero-order chi connectivity index (χ0) is 18.4. The van der Waals surface area contributed by atoms with E-state index in [1.807, 2.05) is 12.1 Å². The molecule has 2 fully saturated rings. The van der Waals surface area contributed by atoms with E-state index in [9.17, 15) is 9.90 Å². The van der Waals surface area contributed by atoms with E-state index in [1.54, 1.807) is 12.1 Å². The Bertz CT molecular complexity index is 625. The van der Waals surface area contributed by atoms with E-state index in [4.69, 9.17) is 4.99 Å². The number of carbonyl (C=O) groups is 1. The molecule has 3 N–H and O–H groups in total. The second-order valence-corrected chi connectivity index (χ2v) is 6.94. The number of piperazine rings is 1. The first-order valence-electron chi connectivity index (χ1n) is 9.47. The summed E-state index contributed by atoms with van der Waals surface area (Å²) < 4.78 is 0. The number of guanidine groups is 1. The van der Waals surface area contributed by atoms with Gasteiger partial charge in [0.2, 0.25) is 5.91 Å². The smallest absolute Gasteiger partial charge is 0.234 e. The zero-order valence-corrected chi connectivity index (χ0v) is 18.2. The highest BCUT2D eigenvalue weighted by molar-refractivity contribution is 14.0. The summed E-state index contributed by atoms with van der Waals surface area (Å²) in [5.74, 6) is 1.32. The third kappa shape index (κ3) is 7.17. The largest absolute Gasteiger partial charge is 0.508 e. The molecular formula is C19H30IN5O2. The van der Waals surface area contributed by atoms with E-state index >= 15 is 0 Å². The fraction of sp³-hybridized carbons (Fsp3) is 0.579. The molecule has 150 valence electrons. The van der Waals surface area contributed by atoms with Crippen LogP contribution in [0.5, 0.6) is 5.75 Å². The molecule has 7 nitrogen and oxygen atoms in total. The van der Waals surface area contributed by atoms with Gasteiger partial charge in [-0.15, -0.1) is 24.0 Å². The minimum Gasteiger partial charge on any atom is -0.508 e. The predicted octanol–water partition coefficient (Wildman–Crippen LogP) is 1.37. The maximum Gasteiger partial charge on any atom is 0.234 e. The van der Waals surface area contributed by atoms with Gasteiger partial charge in [-0.3, -0.25) is 9.69 Å². The Morgan fingerprint density at radius 1 is 1.19 bits per heavy atom.